The summed E-state index contributed by atoms with van der Waals surface area (Å²) in [7, 11) is 1.28. The van der Waals surface area contributed by atoms with Crippen LogP contribution in [0.4, 0.5) is 0 Å². The van der Waals surface area contributed by atoms with Gasteiger partial charge in [-0.1, -0.05) is 30.1 Å². The molecule has 7 heteroatoms. The minimum atomic E-state index is -0.474. The van der Waals surface area contributed by atoms with Gasteiger partial charge in [-0.2, -0.15) is 0 Å². The van der Waals surface area contributed by atoms with Crippen molar-refractivity contribution in [3.8, 4) is 5.75 Å². The smallest absolute Gasteiger partial charge is 0.325 e. The summed E-state index contributed by atoms with van der Waals surface area (Å²) in [6, 6.07) is 4.74. The zero-order valence-electron chi connectivity index (χ0n) is 11.9. The molecule has 0 N–H and O–H groups in total. The van der Waals surface area contributed by atoms with E-state index in [0.717, 1.165) is 6.42 Å². The SMILES string of the molecule is CCCN(CC(=O)OC)C(=O)COc1cc(Cl)ccc1Cl. The van der Waals surface area contributed by atoms with Crippen LogP contribution < -0.4 is 4.74 Å². The van der Waals surface area contributed by atoms with Crippen molar-refractivity contribution >= 4 is 35.1 Å². The number of methoxy groups -OCH3 is 1. The molecule has 5 nitrogen and oxygen atoms in total. The number of carbonyl (C=O) groups is 2. The van der Waals surface area contributed by atoms with Gasteiger partial charge in [0.25, 0.3) is 5.91 Å². The summed E-state index contributed by atoms with van der Waals surface area (Å²) < 4.78 is 9.92. The summed E-state index contributed by atoms with van der Waals surface area (Å²) in [6.07, 6.45) is 0.723. The van der Waals surface area contributed by atoms with E-state index in [2.05, 4.69) is 4.74 Å². The third-order valence-corrected chi connectivity index (χ3v) is 3.19. The summed E-state index contributed by atoms with van der Waals surface area (Å²) in [4.78, 5) is 24.7. The number of ether oxygens (including phenoxy) is 2. The summed E-state index contributed by atoms with van der Waals surface area (Å²) in [5.41, 5.74) is 0. The highest BCUT2D eigenvalue weighted by Crippen LogP contribution is 2.27. The van der Waals surface area contributed by atoms with E-state index in [9.17, 15) is 9.59 Å². The second kappa shape index (κ2) is 8.74. The van der Waals surface area contributed by atoms with E-state index in [0.29, 0.717) is 22.3 Å². The van der Waals surface area contributed by atoms with Crippen molar-refractivity contribution in [3.63, 3.8) is 0 Å². The molecule has 1 amide bonds. The maximum absolute atomic E-state index is 12.1. The molecular weight excluding hydrogens is 317 g/mol. The number of amides is 1. The van der Waals surface area contributed by atoms with Crippen LogP contribution in [0.2, 0.25) is 10.0 Å². The number of hydrogen-bond acceptors (Lipinski definition) is 4. The van der Waals surface area contributed by atoms with Crippen molar-refractivity contribution in [2.45, 2.75) is 13.3 Å². The highest BCUT2D eigenvalue weighted by Gasteiger charge is 2.17. The van der Waals surface area contributed by atoms with E-state index in [-0.39, 0.29) is 19.1 Å². The lowest BCUT2D eigenvalue weighted by Gasteiger charge is -2.21. The van der Waals surface area contributed by atoms with Gasteiger partial charge >= 0.3 is 5.97 Å². The Hall–Kier alpha value is -1.46. The van der Waals surface area contributed by atoms with Crippen LogP contribution in [0.25, 0.3) is 0 Å². The molecule has 0 saturated heterocycles. The van der Waals surface area contributed by atoms with Gasteiger partial charge in [-0.15, -0.1) is 0 Å². The molecule has 0 bridgehead atoms. The highest BCUT2D eigenvalue weighted by molar-refractivity contribution is 6.34. The van der Waals surface area contributed by atoms with Crippen molar-refractivity contribution in [1.29, 1.82) is 0 Å². The predicted octanol–water partition coefficient (Wildman–Crippen LogP) is 2.78. The third-order valence-electron chi connectivity index (χ3n) is 2.64. The number of esters is 1. The van der Waals surface area contributed by atoms with E-state index < -0.39 is 5.97 Å². The Labute approximate surface area is 133 Å². The minimum absolute atomic E-state index is 0.101. The van der Waals surface area contributed by atoms with E-state index in [4.69, 9.17) is 27.9 Å². The average molecular weight is 334 g/mol. The Morgan fingerprint density at radius 1 is 1.29 bits per heavy atom. The largest absolute Gasteiger partial charge is 0.482 e. The molecule has 0 aromatic heterocycles. The monoisotopic (exact) mass is 333 g/mol. The first-order chi connectivity index (χ1) is 9.97. The van der Waals surface area contributed by atoms with E-state index in [1.54, 1.807) is 12.1 Å². The molecular formula is C14H17Cl2NO4. The molecule has 116 valence electrons. The van der Waals surface area contributed by atoms with Crippen LogP contribution >= 0.6 is 23.2 Å². The molecule has 0 fully saturated rings. The lowest BCUT2D eigenvalue weighted by atomic mass is 10.3. The van der Waals surface area contributed by atoms with Crippen LogP contribution in [-0.2, 0) is 14.3 Å². The van der Waals surface area contributed by atoms with Gasteiger partial charge in [0.2, 0.25) is 0 Å². The Morgan fingerprint density at radius 3 is 2.62 bits per heavy atom. The fourth-order valence-electron chi connectivity index (χ4n) is 1.60. The first-order valence-electron chi connectivity index (χ1n) is 6.40. The van der Waals surface area contributed by atoms with E-state index in [1.165, 1.54) is 18.1 Å². The second-order valence-corrected chi connectivity index (χ2v) is 5.10. The number of nitrogens with zero attached hydrogens (tertiary/aromatic N) is 1. The molecule has 21 heavy (non-hydrogen) atoms. The first kappa shape index (κ1) is 17.6. The Morgan fingerprint density at radius 2 is 2.00 bits per heavy atom. The molecule has 0 atom stereocenters. The lowest BCUT2D eigenvalue weighted by Crippen LogP contribution is -2.39. The van der Waals surface area contributed by atoms with Crippen LogP contribution in [0.3, 0.4) is 0 Å². The van der Waals surface area contributed by atoms with E-state index >= 15 is 0 Å². The molecule has 0 radical (unpaired) electrons. The number of carbonyl (C=O) groups excluding carboxylic acids is 2. The quantitative estimate of drug-likeness (QED) is 0.720. The molecule has 1 rings (SSSR count). The molecule has 1 aromatic carbocycles. The van der Waals surface area contributed by atoms with Crippen molar-refractivity contribution in [2.75, 3.05) is 26.8 Å². The number of benzene rings is 1. The molecule has 0 aliphatic rings. The minimum Gasteiger partial charge on any atom is -0.482 e. The fraction of sp³-hybridized carbons (Fsp3) is 0.429. The Bertz CT molecular complexity index is 508. The maximum Gasteiger partial charge on any atom is 0.325 e. The molecule has 0 spiro atoms. The van der Waals surface area contributed by atoms with Crippen molar-refractivity contribution in [1.82, 2.24) is 4.90 Å². The molecule has 0 heterocycles. The normalized spacial score (nSPS) is 10.1. The number of halogens is 2. The molecule has 1 aromatic rings. The van der Waals surface area contributed by atoms with Gasteiger partial charge in [-0.3, -0.25) is 9.59 Å². The third kappa shape index (κ3) is 5.81. The molecule has 0 unspecified atom stereocenters. The average Bonchev–Trinajstić information content (AvgIpc) is 2.47. The van der Waals surface area contributed by atoms with Crippen LogP contribution in [0.5, 0.6) is 5.75 Å². The summed E-state index contributed by atoms with van der Waals surface area (Å²) in [6.45, 7) is 2.03. The van der Waals surface area contributed by atoms with Gasteiger partial charge in [0.15, 0.2) is 6.61 Å². The summed E-state index contributed by atoms with van der Waals surface area (Å²) >= 11 is 11.8. The topological polar surface area (TPSA) is 55.8 Å². The summed E-state index contributed by atoms with van der Waals surface area (Å²) in [5, 5.41) is 0.823. The van der Waals surface area contributed by atoms with Gasteiger partial charge in [0, 0.05) is 17.6 Å². The fourth-order valence-corrected chi connectivity index (χ4v) is 1.94. The number of rotatable bonds is 7. The van der Waals surface area contributed by atoms with Gasteiger partial charge in [-0.05, 0) is 18.6 Å². The standard InChI is InChI=1S/C14H17Cl2NO4/c1-3-6-17(8-14(19)20-2)13(18)9-21-12-7-10(15)4-5-11(12)16/h4-5,7H,3,6,8-9H2,1-2H3. The molecule has 0 saturated carbocycles. The zero-order valence-corrected chi connectivity index (χ0v) is 13.4. The number of hydrogen-bond donors (Lipinski definition) is 0. The predicted molar refractivity (Wildman–Crippen MR) is 80.8 cm³/mol. The first-order valence-corrected chi connectivity index (χ1v) is 7.16. The van der Waals surface area contributed by atoms with Gasteiger partial charge in [-0.25, -0.2) is 0 Å². The Balaban J connectivity index is 2.64. The van der Waals surface area contributed by atoms with Crippen LogP contribution in [0, 0.1) is 0 Å². The van der Waals surface area contributed by atoms with Gasteiger partial charge in [0.1, 0.15) is 12.3 Å². The second-order valence-electron chi connectivity index (χ2n) is 4.25. The Kier molecular flexibility index (Phi) is 7.32. The van der Waals surface area contributed by atoms with Gasteiger partial charge < -0.3 is 14.4 Å². The maximum atomic E-state index is 12.1. The van der Waals surface area contributed by atoms with Crippen LogP contribution in [0.1, 0.15) is 13.3 Å². The molecule has 0 aliphatic heterocycles. The summed E-state index contributed by atoms with van der Waals surface area (Å²) in [5.74, 6) is -0.470. The van der Waals surface area contributed by atoms with Crippen LogP contribution in [0.15, 0.2) is 18.2 Å². The van der Waals surface area contributed by atoms with Gasteiger partial charge in [0.05, 0.1) is 12.1 Å². The highest BCUT2D eigenvalue weighted by atomic mass is 35.5. The zero-order chi connectivity index (χ0) is 15.8. The van der Waals surface area contributed by atoms with Crippen molar-refractivity contribution in [2.24, 2.45) is 0 Å². The molecule has 0 aliphatic carbocycles. The van der Waals surface area contributed by atoms with E-state index in [1.807, 2.05) is 6.92 Å². The van der Waals surface area contributed by atoms with Crippen molar-refractivity contribution in [3.05, 3.63) is 28.2 Å². The lowest BCUT2D eigenvalue weighted by molar-refractivity contribution is -0.147. The van der Waals surface area contributed by atoms with Crippen molar-refractivity contribution < 1.29 is 19.1 Å². The van der Waals surface area contributed by atoms with Crippen LogP contribution in [-0.4, -0.2) is 43.6 Å².